The van der Waals surface area contributed by atoms with Crippen LogP contribution in [0.5, 0.6) is 0 Å². The summed E-state index contributed by atoms with van der Waals surface area (Å²) in [6.07, 6.45) is 1.24. The van der Waals surface area contributed by atoms with Crippen LogP contribution in [0.2, 0.25) is 0 Å². The minimum atomic E-state index is -0.500. The normalized spacial score (nSPS) is 13.0. The smallest absolute Gasteiger partial charge is 0.841 e. The Kier molecular flexibility index (Phi) is 11.2. The molecule has 0 aromatic heterocycles. The molecule has 0 amide bonds. The molecule has 0 N–H and O–H groups in total. The molecule has 1 unspecified atom stereocenters. The van der Waals surface area contributed by atoms with Crippen LogP contribution in [0, 0.1) is 0 Å². The van der Waals surface area contributed by atoms with E-state index in [1.807, 2.05) is 21.0 Å². The first-order valence-corrected chi connectivity index (χ1v) is 3.00. The van der Waals surface area contributed by atoms with Gasteiger partial charge >= 0.3 is 51.4 Å². The zero-order valence-corrected chi connectivity index (χ0v) is 9.97. The van der Waals surface area contributed by atoms with Crippen LogP contribution >= 0.6 is 0 Å². The molecule has 0 radical (unpaired) electrons. The van der Waals surface area contributed by atoms with Crippen LogP contribution in [0.3, 0.4) is 0 Å². The fraction of sp³-hybridized carbons (Fsp3) is 1.00. The van der Waals surface area contributed by atoms with E-state index < -0.39 is 6.23 Å². The topological polar surface area (TPSA) is 26.3 Å². The van der Waals surface area contributed by atoms with Crippen LogP contribution in [0.1, 0.15) is 19.8 Å². The van der Waals surface area contributed by atoms with E-state index in [4.69, 9.17) is 0 Å². The maximum Gasteiger partial charge on any atom is 1.00 e. The van der Waals surface area contributed by atoms with Crippen molar-refractivity contribution in [2.45, 2.75) is 26.0 Å². The molecule has 0 aliphatic rings. The second-order valence-corrected chi connectivity index (χ2v) is 2.21. The van der Waals surface area contributed by atoms with Gasteiger partial charge in [-0.15, -0.1) is 0 Å². The second kappa shape index (κ2) is 7.66. The van der Waals surface area contributed by atoms with Crippen LogP contribution in [-0.4, -0.2) is 25.2 Å². The average Bonchev–Trinajstić information content (AvgIpc) is 1.67. The Hall–Kier alpha value is 1.56. The molecule has 0 heterocycles. The summed E-state index contributed by atoms with van der Waals surface area (Å²) in [5.74, 6) is 0. The summed E-state index contributed by atoms with van der Waals surface area (Å²) >= 11 is 0. The summed E-state index contributed by atoms with van der Waals surface area (Å²) in [5.41, 5.74) is 0. The first-order chi connectivity index (χ1) is 3.68. The van der Waals surface area contributed by atoms with Crippen LogP contribution in [0.25, 0.3) is 0 Å². The second-order valence-electron chi connectivity index (χ2n) is 2.21. The molecule has 0 aromatic rings. The third kappa shape index (κ3) is 7.45. The Morgan fingerprint density at radius 3 is 2.00 bits per heavy atom. The molecule has 9 heavy (non-hydrogen) atoms. The van der Waals surface area contributed by atoms with E-state index in [-0.39, 0.29) is 51.4 Å². The molecule has 0 fully saturated rings. The zero-order valence-electron chi connectivity index (χ0n) is 6.85. The molecule has 0 aliphatic carbocycles. The summed E-state index contributed by atoms with van der Waals surface area (Å²) in [6, 6.07) is 0. The molecule has 2 nitrogen and oxygen atoms in total. The van der Waals surface area contributed by atoms with E-state index in [2.05, 4.69) is 0 Å². The summed E-state index contributed by atoms with van der Waals surface area (Å²) in [7, 11) is 3.63. The minimum absolute atomic E-state index is 0. The van der Waals surface area contributed by atoms with E-state index in [0.717, 1.165) is 12.8 Å². The number of hydrogen-bond donors (Lipinski definition) is 0. The van der Waals surface area contributed by atoms with Gasteiger partial charge in [0, 0.05) is 0 Å². The van der Waals surface area contributed by atoms with Gasteiger partial charge in [-0.3, -0.25) is 0 Å². The zero-order chi connectivity index (χ0) is 6.57. The van der Waals surface area contributed by atoms with E-state index in [9.17, 15) is 5.11 Å². The van der Waals surface area contributed by atoms with E-state index in [1.165, 1.54) is 0 Å². The van der Waals surface area contributed by atoms with Gasteiger partial charge in [0.15, 0.2) is 0 Å². The first-order valence-electron chi connectivity index (χ1n) is 3.00. The van der Waals surface area contributed by atoms with Crippen LogP contribution in [-0.2, 0) is 0 Å². The van der Waals surface area contributed by atoms with Gasteiger partial charge < -0.3 is 10.0 Å². The summed E-state index contributed by atoms with van der Waals surface area (Å²) in [6.45, 7) is 2.02. The largest absolute Gasteiger partial charge is 1.00 e. The van der Waals surface area contributed by atoms with E-state index in [1.54, 1.807) is 4.90 Å². The number of nitrogens with zero attached hydrogens (tertiary/aromatic N) is 1. The Labute approximate surface area is 100 Å². The first kappa shape index (κ1) is 13.2. The molecular weight excluding hydrogens is 141 g/mol. The van der Waals surface area contributed by atoms with Crippen molar-refractivity contribution in [1.29, 1.82) is 0 Å². The Morgan fingerprint density at radius 2 is 1.89 bits per heavy atom. The summed E-state index contributed by atoms with van der Waals surface area (Å²) < 4.78 is 0. The maximum atomic E-state index is 10.8. The van der Waals surface area contributed by atoms with Gasteiger partial charge in [-0.2, -0.15) is 0 Å². The summed E-state index contributed by atoms with van der Waals surface area (Å²) in [5, 5.41) is 10.8. The van der Waals surface area contributed by atoms with Crippen LogP contribution in [0.4, 0.5) is 0 Å². The number of hydrogen-bond acceptors (Lipinski definition) is 2. The van der Waals surface area contributed by atoms with Gasteiger partial charge in [0.1, 0.15) is 0 Å². The molecule has 3 heteroatoms. The molecule has 0 aromatic carbocycles. The predicted octanol–water partition coefficient (Wildman–Crippen LogP) is -2.96. The molecule has 1 atom stereocenters. The van der Waals surface area contributed by atoms with Gasteiger partial charge in [-0.1, -0.05) is 26.0 Å². The monoisotopic (exact) mass is 155 g/mol. The molecule has 50 valence electrons. The molecule has 0 spiro atoms. The third-order valence-electron chi connectivity index (χ3n) is 1.11. The standard InChI is InChI=1S/C6H14NO.K/c1-4-5-6(8)7(2)3;/h6H,4-5H2,1-3H3;/q-1;+1. The van der Waals surface area contributed by atoms with Crippen molar-refractivity contribution in [3.05, 3.63) is 0 Å². The van der Waals surface area contributed by atoms with Crippen molar-refractivity contribution in [1.82, 2.24) is 4.90 Å². The van der Waals surface area contributed by atoms with Gasteiger partial charge in [-0.25, -0.2) is 0 Å². The van der Waals surface area contributed by atoms with Crippen molar-refractivity contribution in [2.75, 3.05) is 14.1 Å². The molecule has 0 bridgehead atoms. The van der Waals surface area contributed by atoms with Gasteiger partial charge in [0.2, 0.25) is 0 Å². The fourth-order valence-corrected chi connectivity index (χ4v) is 0.505. The third-order valence-corrected chi connectivity index (χ3v) is 1.11. The van der Waals surface area contributed by atoms with Crippen molar-refractivity contribution in [2.24, 2.45) is 0 Å². The maximum absolute atomic E-state index is 10.8. The molecular formula is C6H14KNO. The van der Waals surface area contributed by atoms with Gasteiger partial charge in [0.25, 0.3) is 0 Å². The predicted molar refractivity (Wildman–Crippen MR) is 32.4 cm³/mol. The van der Waals surface area contributed by atoms with Crippen molar-refractivity contribution in [3.8, 4) is 0 Å². The molecule has 0 saturated carbocycles. The van der Waals surface area contributed by atoms with Crippen molar-refractivity contribution >= 4 is 0 Å². The van der Waals surface area contributed by atoms with E-state index >= 15 is 0 Å². The quantitative estimate of drug-likeness (QED) is 0.321. The SMILES string of the molecule is CCCC([O-])N(C)C.[K+]. The Balaban J connectivity index is 0. The summed E-state index contributed by atoms with van der Waals surface area (Å²) in [4.78, 5) is 1.70. The van der Waals surface area contributed by atoms with E-state index in [0.29, 0.717) is 0 Å². The molecule has 0 rings (SSSR count). The molecule has 0 aliphatic heterocycles. The Morgan fingerprint density at radius 1 is 1.44 bits per heavy atom. The molecule has 0 saturated heterocycles. The Bertz CT molecular complexity index is 59.0. The average molecular weight is 155 g/mol. The van der Waals surface area contributed by atoms with Crippen LogP contribution in [0.15, 0.2) is 0 Å². The van der Waals surface area contributed by atoms with Crippen molar-refractivity contribution in [3.63, 3.8) is 0 Å². The minimum Gasteiger partial charge on any atom is -0.841 e. The van der Waals surface area contributed by atoms with Gasteiger partial charge in [-0.05, 0) is 14.1 Å². The van der Waals surface area contributed by atoms with Gasteiger partial charge in [0.05, 0.1) is 0 Å². The van der Waals surface area contributed by atoms with Crippen molar-refractivity contribution < 1.29 is 56.5 Å². The fourth-order valence-electron chi connectivity index (χ4n) is 0.505. The van der Waals surface area contributed by atoms with Crippen LogP contribution < -0.4 is 56.5 Å². The number of rotatable bonds is 3.